The number of unbranched alkanes of at least 4 members (excludes halogenated alkanes) is 46. The van der Waals surface area contributed by atoms with Gasteiger partial charge < -0.3 is 45.1 Å². The zero-order valence-corrected chi connectivity index (χ0v) is 53.0. The molecular formula is C70H133NO10. The van der Waals surface area contributed by atoms with Crippen LogP contribution in [0.2, 0.25) is 0 Å². The highest BCUT2D eigenvalue weighted by Crippen LogP contribution is 2.23. The summed E-state index contributed by atoms with van der Waals surface area (Å²) in [6.45, 7) is 4.35. The molecule has 11 nitrogen and oxygen atoms in total. The van der Waals surface area contributed by atoms with E-state index in [0.717, 1.165) is 51.4 Å². The second-order valence-corrected chi connectivity index (χ2v) is 24.6. The van der Waals surface area contributed by atoms with Crippen LogP contribution in [0.5, 0.6) is 0 Å². The monoisotopic (exact) mass is 1150 g/mol. The molecular weight excluding hydrogens is 1010 g/mol. The molecule has 0 spiro atoms. The summed E-state index contributed by atoms with van der Waals surface area (Å²) in [6.07, 6.45) is 64.8. The van der Waals surface area contributed by atoms with Crippen molar-refractivity contribution < 1.29 is 49.3 Å². The Balaban J connectivity index is 1.91. The molecule has 0 saturated carbocycles. The molecule has 0 aromatic heterocycles. The highest BCUT2D eigenvalue weighted by atomic mass is 16.7. The van der Waals surface area contributed by atoms with Gasteiger partial charge in [-0.05, 0) is 57.8 Å². The molecule has 478 valence electrons. The van der Waals surface area contributed by atoms with Gasteiger partial charge in [-0.1, -0.05) is 301 Å². The van der Waals surface area contributed by atoms with Gasteiger partial charge in [0.2, 0.25) is 5.91 Å². The molecule has 1 rings (SSSR count). The summed E-state index contributed by atoms with van der Waals surface area (Å²) in [7, 11) is 0. The average molecular weight is 1150 g/mol. The summed E-state index contributed by atoms with van der Waals surface area (Å²) in [5, 5.41) is 54.3. The van der Waals surface area contributed by atoms with Crippen molar-refractivity contribution in [2.24, 2.45) is 0 Å². The van der Waals surface area contributed by atoms with Gasteiger partial charge in [0, 0.05) is 12.8 Å². The average Bonchev–Trinajstić information content (AvgIpc) is 3.47. The van der Waals surface area contributed by atoms with Gasteiger partial charge in [0.15, 0.2) is 6.29 Å². The molecule has 81 heavy (non-hydrogen) atoms. The van der Waals surface area contributed by atoms with E-state index >= 15 is 0 Å². The Kier molecular flexibility index (Phi) is 57.0. The molecule has 11 heteroatoms. The van der Waals surface area contributed by atoms with Gasteiger partial charge in [0.05, 0.1) is 32.0 Å². The third kappa shape index (κ3) is 49.0. The van der Waals surface area contributed by atoms with Crippen molar-refractivity contribution in [1.82, 2.24) is 5.32 Å². The standard InChI is InChI=1S/C70H133NO10/c1-3-5-7-9-11-13-14-38-42-46-50-54-58-66(75)79-59-55-51-47-43-39-36-34-32-30-28-26-24-22-20-18-16-15-17-19-21-23-25-27-29-31-33-35-37-41-45-49-53-57-65(74)71-62(63(73)56-52-48-44-40-12-10-8-6-4-2)61-80-70-69(78)68(77)67(76)64(60-72)81-70/h18,20,52,56,62-64,67-70,72-73,76-78H,3-17,19,21-51,53-55,57-61H2,1-2H3,(H,71,74)/b20-18-,56-52+. The van der Waals surface area contributed by atoms with Crippen molar-refractivity contribution in [1.29, 1.82) is 0 Å². The molecule has 7 unspecified atom stereocenters. The Morgan fingerprint density at radius 1 is 0.444 bits per heavy atom. The first-order valence-corrected chi connectivity index (χ1v) is 35.1. The highest BCUT2D eigenvalue weighted by Gasteiger charge is 2.44. The summed E-state index contributed by atoms with van der Waals surface area (Å²) < 4.78 is 16.7. The van der Waals surface area contributed by atoms with Crippen LogP contribution in [0.25, 0.3) is 0 Å². The quantitative estimate of drug-likeness (QED) is 0.0195. The summed E-state index contributed by atoms with van der Waals surface area (Å²) in [5.41, 5.74) is 0. The molecule has 1 aliphatic rings. The number of allylic oxidation sites excluding steroid dienone is 3. The number of aliphatic hydroxyl groups is 5. The van der Waals surface area contributed by atoms with E-state index in [4.69, 9.17) is 14.2 Å². The zero-order chi connectivity index (χ0) is 58.7. The number of carbonyl (C=O) groups excluding carboxylic acids is 2. The van der Waals surface area contributed by atoms with Crippen molar-refractivity contribution in [3.05, 3.63) is 24.3 Å². The first-order valence-electron chi connectivity index (χ1n) is 35.1. The number of hydrogen-bond donors (Lipinski definition) is 6. The number of aliphatic hydroxyl groups excluding tert-OH is 5. The van der Waals surface area contributed by atoms with Gasteiger partial charge >= 0.3 is 5.97 Å². The van der Waals surface area contributed by atoms with Crippen LogP contribution in [-0.2, 0) is 23.8 Å². The van der Waals surface area contributed by atoms with E-state index in [1.54, 1.807) is 6.08 Å². The molecule has 1 saturated heterocycles. The van der Waals surface area contributed by atoms with Crippen LogP contribution in [0, 0.1) is 0 Å². The molecule has 7 atom stereocenters. The molecule has 1 heterocycles. The van der Waals surface area contributed by atoms with Crippen molar-refractivity contribution >= 4 is 11.9 Å². The normalized spacial score (nSPS) is 18.3. The molecule has 6 N–H and O–H groups in total. The molecule has 1 fully saturated rings. The summed E-state index contributed by atoms with van der Waals surface area (Å²) in [4.78, 5) is 25.0. The van der Waals surface area contributed by atoms with Gasteiger partial charge in [-0.15, -0.1) is 0 Å². The summed E-state index contributed by atoms with van der Waals surface area (Å²) in [6, 6.07) is -0.806. The maximum absolute atomic E-state index is 13.0. The number of nitrogens with one attached hydrogen (secondary N) is 1. The van der Waals surface area contributed by atoms with Crippen LogP contribution in [0.3, 0.4) is 0 Å². The van der Waals surface area contributed by atoms with E-state index in [9.17, 15) is 35.1 Å². The lowest BCUT2D eigenvalue weighted by molar-refractivity contribution is -0.302. The topological polar surface area (TPSA) is 175 Å². The third-order valence-corrected chi connectivity index (χ3v) is 16.8. The lowest BCUT2D eigenvalue weighted by atomic mass is 9.99. The van der Waals surface area contributed by atoms with Gasteiger partial charge in [-0.3, -0.25) is 9.59 Å². The lowest BCUT2D eigenvalue weighted by Gasteiger charge is -2.40. The van der Waals surface area contributed by atoms with Crippen LogP contribution >= 0.6 is 0 Å². The van der Waals surface area contributed by atoms with Crippen molar-refractivity contribution in [2.45, 2.75) is 391 Å². The van der Waals surface area contributed by atoms with Crippen molar-refractivity contribution in [2.75, 3.05) is 19.8 Å². The van der Waals surface area contributed by atoms with Crippen LogP contribution < -0.4 is 5.32 Å². The largest absolute Gasteiger partial charge is 0.466 e. The molecule has 0 aromatic carbocycles. The van der Waals surface area contributed by atoms with Crippen molar-refractivity contribution in [3.63, 3.8) is 0 Å². The molecule has 0 aliphatic carbocycles. The van der Waals surface area contributed by atoms with E-state index < -0.39 is 49.5 Å². The van der Waals surface area contributed by atoms with E-state index in [2.05, 4.69) is 31.3 Å². The minimum Gasteiger partial charge on any atom is -0.466 e. The first kappa shape index (κ1) is 77.2. The number of amides is 1. The van der Waals surface area contributed by atoms with Crippen LogP contribution in [0.15, 0.2) is 24.3 Å². The van der Waals surface area contributed by atoms with Crippen LogP contribution in [-0.4, -0.2) is 100 Å². The first-order chi connectivity index (χ1) is 39.7. The molecule has 0 bridgehead atoms. The smallest absolute Gasteiger partial charge is 0.305 e. The summed E-state index contributed by atoms with van der Waals surface area (Å²) >= 11 is 0. The van der Waals surface area contributed by atoms with E-state index in [1.165, 1.54) is 270 Å². The fraction of sp³-hybridized carbons (Fsp3) is 0.914. The zero-order valence-electron chi connectivity index (χ0n) is 53.0. The fourth-order valence-corrected chi connectivity index (χ4v) is 11.3. The Labute approximate surface area is 499 Å². The van der Waals surface area contributed by atoms with Crippen LogP contribution in [0.1, 0.15) is 348 Å². The molecule has 1 aliphatic heterocycles. The maximum Gasteiger partial charge on any atom is 0.305 e. The molecule has 0 aromatic rings. The lowest BCUT2D eigenvalue weighted by Crippen LogP contribution is -2.60. The van der Waals surface area contributed by atoms with E-state index in [0.29, 0.717) is 19.4 Å². The van der Waals surface area contributed by atoms with E-state index in [-0.39, 0.29) is 18.5 Å². The Hall–Kier alpha value is -1.86. The number of ether oxygens (including phenoxy) is 3. The highest BCUT2D eigenvalue weighted by molar-refractivity contribution is 5.76. The van der Waals surface area contributed by atoms with Crippen LogP contribution in [0.4, 0.5) is 0 Å². The maximum atomic E-state index is 13.0. The SMILES string of the molecule is CCCCCCCCC/C=C/C(O)C(COC1OC(CO)C(O)C(O)C1O)NC(=O)CCCCCCCCCCCCCCCCCC/C=C\CCCCCCCCCCCCCCOC(=O)CCCCCCCCCCCCCC. The minimum atomic E-state index is -1.57. The number of esters is 1. The van der Waals surface area contributed by atoms with E-state index in [1.807, 2.05) is 6.08 Å². The van der Waals surface area contributed by atoms with Gasteiger partial charge in [0.25, 0.3) is 0 Å². The number of carbonyl (C=O) groups is 2. The second kappa shape index (κ2) is 59.9. The minimum absolute atomic E-state index is 0.0117. The predicted molar refractivity (Wildman–Crippen MR) is 338 cm³/mol. The third-order valence-electron chi connectivity index (χ3n) is 16.8. The molecule has 0 radical (unpaired) electrons. The Morgan fingerprint density at radius 3 is 1.19 bits per heavy atom. The number of hydrogen-bond acceptors (Lipinski definition) is 10. The Morgan fingerprint density at radius 2 is 0.790 bits per heavy atom. The van der Waals surface area contributed by atoms with Gasteiger partial charge in [-0.25, -0.2) is 0 Å². The van der Waals surface area contributed by atoms with Gasteiger partial charge in [0.1, 0.15) is 24.4 Å². The van der Waals surface area contributed by atoms with Gasteiger partial charge in [-0.2, -0.15) is 0 Å². The molecule has 1 amide bonds. The fourth-order valence-electron chi connectivity index (χ4n) is 11.3. The van der Waals surface area contributed by atoms with Crippen molar-refractivity contribution in [3.8, 4) is 0 Å². The Bertz CT molecular complexity index is 1390. The summed E-state index contributed by atoms with van der Waals surface area (Å²) in [5.74, 6) is -0.168. The predicted octanol–water partition coefficient (Wildman–Crippen LogP) is 17.6. The number of rotatable bonds is 62. The second-order valence-electron chi connectivity index (χ2n) is 24.6.